The lowest BCUT2D eigenvalue weighted by Gasteiger charge is -2.56. The number of aliphatic hydroxyl groups excluding tert-OH is 1. The summed E-state index contributed by atoms with van der Waals surface area (Å²) in [6.45, 7) is 19.0. The molecule has 4 fully saturated rings. The van der Waals surface area contributed by atoms with E-state index in [0.717, 1.165) is 63.6 Å². The number of nitrogens with one attached hydrogen (secondary N) is 1. The molecule has 0 amide bonds. The number of rotatable bonds is 11. The Balaban J connectivity index is 1.32. The van der Waals surface area contributed by atoms with Crippen LogP contribution in [0.1, 0.15) is 151 Å². The Morgan fingerprint density at radius 1 is 0.702 bits per heavy atom. The van der Waals surface area contributed by atoms with Crippen molar-refractivity contribution < 1.29 is 14.8 Å². The first kappa shape index (κ1) is 36.7. The summed E-state index contributed by atoms with van der Waals surface area (Å²) in [5.74, 6) is 2.47. The molecule has 4 aliphatic rings. The molecule has 0 aromatic carbocycles. The second-order valence-corrected chi connectivity index (χ2v) is 17.7. The van der Waals surface area contributed by atoms with Gasteiger partial charge >= 0.3 is 0 Å². The van der Waals surface area contributed by atoms with Crippen molar-refractivity contribution in [2.45, 2.75) is 192 Å². The van der Waals surface area contributed by atoms with Crippen molar-refractivity contribution in [3.63, 3.8) is 0 Å². The first-order valence-corrected chi connectivity index (χ1v) is 18.9. The van der Waals surface area contributed by atoms with Crippen molar-refractivity contribution in [1.82, 2.24) is 25.1 Å². The fourth-order valence-corrected chi connectivity index (χ4v) is 9.63. The standard InChI is InChI=1S/C37H67N7O3/c1-34(2)23-27(24-35(3,4)43(34)46-29-16-12-10-13-17-29)22-31-39-32(38-20-21-45)41-33(40-31)42(9)28-25-36(5,6)44(37(7,8)26-28)47-30-18-14-11-15-19-30/h27-30,45H,10-26H2,1-9H3,(H,38,39,40,41). The quantitative estimate of drug-likeness (QED) is 0.257. The summed E-state index contributed by atoms with van der Waals surface area (Å²) in [5, 5.41) is 17.5. The summed E-state index contributed by atoms with van der Waals surface area (Å²) >= 11 is 0. The first-order valence-electron chi connectivity index (χ1n) is 18.9. The van der Waals surface area contributed by atoms with E-state index in [2.05, 4.69) is 82.8 Å². The van der Waals surface area contributed by atoms with Gasteiger partial charge in [-0.2, -0.15) is 25.1 Å². The predicted molar refractivity (Wildman–Crippen MR) is 189 cm³/mol. The molecule has 0 atom stereocenters. The highest BCUT2D eigenvalue weighted by molar-refractivity contribution is 5.38. The van der Waals surface area contributed by atoms with Crippen LogP contribution in [-0.4, -0.2) is 90.8 Å². The molecule has 2 aliphatic heterocycles. The highest BCUT2D eigenvalue weighted by Gasteiger charge is 2.50. The molecule has 2 saturated carbocycles. The zero-order valence-corrected chi connectivity index (χ0v) is 31.3. The van der Waals surface area contributed by atoms with E-state index < -0.39 is 0 Å². The van der Waals surface area contributed by atoms with Gasteiger partial charge in [0.05, 0.1) is 18.8 Å². The van der Waals surface area contributed by atoms with Crippen LogP contribution in [0.3, 0.4) is 0 Å². The molecule has 2 saturated heterocycles. The minimum atomic E-state index is -0.142. The van der Waals surface area contributed by atoms with Gasteiger partial charge in [-0.3, -0.25) is 9.68 Å². The SMILES string of the molecule is CN(c1nc(CC2CC(C)(C)N(OC3CCCCC3)C(C)(C)C2)nc(NCCO)n1)C1CC(C)(C)N(OC2CCCCC2)C(C)(C)C1. The van der Waals surface area contributed by atoms with Crippen LogP contribution < -0.4 is 10.2 Å². The summed E-state index contributed by atoms with van der Waals surface area (Å²) in [7, 11) is 2.14. The number of hydroxylamine groups is 4. The molecular formula is C37H67N7O3. The Labute approximate surface area is 285 Å². The van der Waals surface area contributed by atoms with Crippen LogP contribution in [-0.2, 0) is 16.1 Å². The summed E-state index contributed by atoms with van der Waals surface area (Å²) in [6.07, 6.45) is 17.7. The Hall–Kier alpha value is -1.59. The maximum Gasteiger partial charge on any atom is 0.230 e. The van der Waals surface area contributed by atoms with Crippen molar-refractivity contribution in [2.75, 3.05) is 30.4 Å². The number of hydrogen-bond donors (Lipinski definition) is 2. The molecule has 1 aromatic rings. The van der Waals surface area contributed by atoms with Gasteiger partial charge in [0.15, 0.2) is 0 Å². The summed E-state index contributed by atoms with van der Waals surface area (Å²) in [6, 6.07) is 0.241. The Bertz CT molecular complexity index is 1130. The number of anilines is 2. The van der Waals surface area contributed by atoms with Crippen LogP contribution in [0.5, 0.6) is 0 Å². The highest BCUT2D eigenvalue weighted by atomic mass is 16.7. The largest absolute Gasteiger partial charge is 0.395 e. The smallest absolute Gasteiger partial charge is 0.230 e. The van der Waals surface area contributed by atoms with Crippen LogP contribution in [0.4, 0.5) is 11.9 Å². The number of aromatic nitrogens is 3. The van der Waals surface area contributed by atoms with Gasteiger partial charge in [0.25, 0.3) is 0 Å². The molecular weight excluding hydrogens is 590 g/mol. The van der Waals surface area contributed by atoms with E-state index in [4.69, 9.17) is 24.6 Å². The van der Waals surface area contributed by atoms with Crippen molar-refractivity contribution in [3.8, 4) is 0 Å². The molecule has 0 radical (unpaired) electrons. The van der Waals surface area contributed by atoms with Gasteiger partial charge < -0.3 is 15.3 Å². The fraction of sp³-hybridized carbons (Fsp3) is 0.919. The van der Waals surface area contributed by atoms with E-state index in [1.165, 1.54) is 38.5 Å². The fourth-order valence-electron chi connectivity index (χ4n) is 9.63. The van der Waals surface area contributed by atoms with Crippen molar-refractivity contribution in [3.05, 3.63) is 5.82 Å². The van der Waals surface area contributed by atoms with E-state index in [-0.39, 0.29) is 34.8 Å². The molecule has 3 heterocycles. The summed E-state index contributed by atoms with van der Waals surface area (Å²) in [5.41, 5.74) is -0.480. The van der Waals surface area contributed by atoms with E-state index >= 15 is 0 Å². The molecule has 0 bridgehead atoms. The van der Waals surface area contributed by atoms with Gasteiger partial charge in [-0.1, -0.05) is 38.5 Å². The topological polar surface area (TPSA) is 99.1 Å². The Morgan fingerprint density at radius 2 is 1.17 bits per heavy atom. The van der Waals surface area contributed by atoms with E-state index in [1.54, 1.807) is 0 Å². The van der Waals surface area contributed by atoms with Crippen molar-refractivity contribution >= 4 is 11.9 Å². The molecule has 47 heavy (non-hydrogen) atoms. The molecule has 1 aromatic heterocycles. The molecule has 10 heteroatoms. The van der Waals surface area contributed by atoms with Gasteiger partial charge in [0, 0.05) is 48.2 Å². The van der Waals surface area contributed by atoms with Crippen LogP contribution in [0.2, 0.25) is 0 Å². The highest BCUT2D eigenvalue weighted by Crippen LogP contribution is 2.45. The minimum Gasteiger partial charge on any atom is -0.395 e. The zero-order chi connectivity index (χ0) is 34.0. The lowest BCUT2D eigenvalue weighted by Crippen LogP contribution is -2.64. The van der Waals surface area contributed by atoms with Crippen LogP contribution in [0.25, 0.3) is 0 Å². The van der Waals surface area contributed by atoms with Gasteiger partial charge in [-0.15, -0.1) is 0 Å². The molecule has 10 nitrogen and oxygen atoms in total. The lowest BCUT2D eigenvalue weighted by molar-refractivity contribution is -0.314. The summed E-state index contributed by atoms with van der Waals surface area (Å²) < 4.78 is 0. The Kier molecular flexibility index (Phi) is 11.5. The maximum atomic E-state index is 9.58. The first-order chi connectivity index (χ1) is 22.1. The molecule has 0 spiro atoms. The van der Waals surface area contributed by atoms with Crippen molar-refractivity contribution in [2.24, 2.45) is 5.92 Å². The Morgan fingerprint density at radius 3 is 1.64 bits per heavy atom. The molecule has 268 valence electrons. The third kappa shape index (κ3) is 8.96. The molecule has 0 unspecified atom stereocenters. The maximum absolute atomic E-state index is 9.58. The number of hydrogen-bond acceptors (Lipinski definition) is 10. The number of nitrogens with zero attached hydrogens (tertiary/aromatic N) is 6. The molecule has 2 N–H and O–H groups in total. The third-order valence-corrected chi connectivity index (χ3v) is 11.3. The average molecular weight is 658 g/mol. The van der Waals surface area contributed by atoms with E-state index in [1.807, 2.05) is 0 Å². The minimum absolute atomic E-state index is 0.0237. The number of piperidine rings is 2. The van der Waals surface area contributed by atoms with Gasteiger partial charge in [0.2, 0.25) is 11.9 Å². The second-order valence-electron chi connectivity index (χ2n) is 17.7. The van der Waals surface area contributed by atoms with Crippen molar-refractivity contribution in [1.29, 1.82) is 0 Å². The van der Waals surface area contributed by atoms with Gasteiger partial charge in [-0.05, 0) is 113 Å². The van der Waals surface area contributed by atoms with E-state index in [0.29, 0.717) is 36.6 Å². The normalized spacial score (nSPS) is 26.3. The predicted octanol–water partition coefficient (Wildman–Crippen LogP) is 7.07. The average Bonchev–Trinajstić information content (AvgIpc) is 2.99. The third-order valence-electron chi connectivity index (χ3n) is 11.3. The monoisotopic (exact) mass is 658 g/mol. The van der Waals surface area contributed by atoms with Crippen LogP contribution >= 0.6 is 0 Å². The van der Waals surface area contributed by atoms with Crippen LogP contribution in [0, 0.1) is 5.92 Å². The van der Waals surface area contributed by atoms with Gasteiger partial charge in [0.1, 0.15) is 5.82 Å². The zero-order valence-electron chi connectivity index (χ0n) is 31.3. The van der Waals surface area contributed by atoms with E-state index in [9.17, 15) is 5.11 Å². The van der Waals surface area contributed by atoms with Gasteiger partial charge in [-0.25, -0.2) is 0 Å². The van der Waals surface area contributed by atoms with Crippen LogP contribution in [0.15, 0.2) is 0 Å². The summed E-state index contributed by atoms with van der Waals surface area (Å²) in [4.78, 5) is 30.7. The molecule has 5 rings (SSSR count). The lowest BCUT2D eigenvalue weighted by atomic mass is 9.74. The number of aliphatic hydroxyl groups is 1. The molecule has 2 aliphatic carbocycles. The second kappa shape index (κ2) is 14.7.